The lowest BCUT2D eigenvalue weighted by atomic mass is 10.0. The lowest BCUT2D eigenvalue weighted by molar-refractivity contribution is -0.121. The highest BCUT2D eigenvalue weighted by molar-refractivity contribution is 6.23. The van der Waals surface area contributed by atoms with Crippen LogP contribution in [0.25, 0.3) is 0 Å². The van der Waals surface area contributed by atoms with Crippen LogP contribution >= 0.6 is 0 Å². The number of para-hydroxylation sites is 1. The van der Waals surface area contributed by atoms with Crippen molar-refractivity contribution in [2.24, 2.45) is 0 Å². The van der Waals surface area contributed by atoms with Gasteiger partial charge in [0.15, 0.2) is 0 Å². The van der Waals surface area contributed by atoms with Crippen molar-refractivity contribution in [2.75, 3.05) is 4.90 Å². The van der Waals surface area contributed by atoms with Crippen molar-refractivity contribution < 1.29 is 9.59 Å². The van der Waals surface area contributed by atoms with Gasteiger partial charge in [-0.2, -0.15) is 0 Å². The van der Waals surface area contributed by atoms with Gasteiger partial charge in [0, 0.05) is 6.04 Å². The standard InChI is InChI=1S/C16H20N2O2/c1-3-11-6-4-5-10(2)15(11)18-14(19)9-13(16(18)20)17-12-7-8-12/h4-6,12-13,17H,3,7-9H2,1-2H3. The summed E-state index contributed by atoms with van der Waals surface area (Å²) in [5, 5.41) is 3.28. The molecule has 1 unspecified atom stereocenters. The van der Waals surface area contributed by atoms with Crippen molar-refractivity contribution in [1.29, 1.82) is 0 Å². The van der Waals surface area contributed by atoms with E-state index in [0.29, 0.717) is 6.04 Å². The highest BCUT2D eigenvalue weighted by Gasteiger charge is 2.42. The number of nitrogens with one attached hydrogen (secondary N) is 1. The monoisotopic (exact) mass is 272 g/mol. The number of imide groups is 1. The van der Waals surface area contributed by atoms with E-state index in [1.807, 2.05) is 32.0 Å². The summed E-state index contributed by atoms with van der Waals surface area (Å²) in [5.74, 6) is -0.178. The van der Waals surface area contributed by atoms with Crippen molar-refractivity contribution in [3.8, 4) is 0 Å². The predicted molar refractivity (Wildman–Crippen MR) is 77.6 cm³/mol. The van der Waals surface area contributed by atoms with Gasteiger partial charge in [-0.3, -0.25) is 9.59 Å². The molecule has 1 aliphatic carbocycles. The molecule has 1 atom stereocenters. The lowest BCUT2D eigenvalue weighted by Gasteiger charge is -2.21. The quantitative estimate of drug-likeness (QED) is 0.852. The topological polar surface area (TPSA) is 49.4 Å². The number of nitrogens with zero attached hydrogens (tertiary/aromatic N) is 1. The van der Waals surface area contributed by atoms with E-state index >= 15 is 0 Å². The summed E-state index contributed by atoms with van der Waals surface area (Å²) >= 11 is 0. The van der Waals surface area contributed by atoms with Crippen LogP contribution in [0.5, 0.6) is 0 Å². The number of aryl methyl sites for hydroxylation is 2. The Labute approximate surface area is 119 Å². The van der Waals surface area contributed by atoms with Crippen LogP contribution < -0.4 is 10.2 Å². The Morgan fingerprint density at radius 1 is 1.30 bits per heavy atom. The van der Waals surface area contributed by atoms with Crippen molar-refractivity contribution in [3.05, 3.63) is 29.3 Å². The predicted octanol–water partition coefficient (Wildman–Crippen LogP) is 1.94. The zero-order valence-corrected chi connectivity index (χ0v) is 12.0. The third-order valence-electron chi connectivity index (χ3n) is 4.09. The van der Waals surface area contributed by atoms with Gasteiger partial charge in [-0.25, -0.2) is 4.90 Å². The minimum absolute atomic E-state index is 0.0860. The Bertz CT molecular complexity index is 564. The first-order valence-corrected chi connectivity index (χ1v) is 7.33. The zero-order valence-electron chi connectivity index (χ0n) is 12.0. The van der Waals surface area contributed by atoms with Gasteiger partial charge < -0.3 is 5.32 Å². The summed E-state index contributed by atoms with van der Waals surface area (Å²) in [6, 6.07) is 6.02. The van der Waals surface area contributed by atoms with Crippen molar-refractivity contribution in [2.45, 2.75) is 51.6 Å². The molecule has 0 spiro atoms. The van der Waals surface area contributed by atoms with Gasteiger partial charge in [-0.15, -0.1) is 0 Å². The van der Waals surface area contributed by atoms with Crippen molar-refractivity contribution in [3.63, 3.8) is 0 Å². The van der Waals surface area contributed by atoms with Crippen LogP contribution in [0, 0.1) is 6.92 Å². The van der Waals surface area contributed by atoms with Gasteiger partial charge in [0.2, 0.25) is 5.91 Å². The third kappa shape index (κ3) is 2.24. The molecule has 1 aromatic carbocycles. The fourth-order valence-corrected chi connectivity index (χ4v) is 2.86. The minimum atomic E-state index is -0.334. The first-order chi connectivity index (χ1) is 9.61. The molecule has 2 fully saturated rings. The lowest BCUT2D eigenvalue weighted by Crippen LogP contribution is -2.40. The Morgan fingerprint density at radius 2 is 2.05 bits per heavy atom. The number of rotatable bonds is 4. The molecule has 106 valence electrons. The van der Waals surface area contributed by atoms with E-state index in [0.717, 1.165) is 36.1 Å². The van der Waals surface area contributed by atoms with Crippen molar-refractivity contribution in [1.82, 2.24) is 5.32 Å². The molecule has 2 amide bonds. The largest absolute Gasteiger partial charge is 0.303 e. The molecule has 2 aliphatic rings. The Balaban J connectivity index is 1.93. The second-order valence-corrected chi connectivity index (χ2v) is 5.70. The van der Waals surface area contributed by atoms with Crippen LogP contribution in [-0.4, -0.2) is 23.9 Å². The summed E-state index contributed by atoms with van der Waals surface area (Å²) in [6.45, 7) is 4.00. The van der Waals surface area contributed by atoms with Crippen LogP contribution in [0.15, 0.2) is 18.2 Å². The smallest absolute Gasteiger partial charge is 0.251 e. The fourth-order valence-electron chi connectivity index (χ4n) is 2.86. The molecule has 20 heavy (non-hydrogen) atoms. The molecule has 1 heterocycles. The molecule has 1 saturated carbocycles. The fraction of sp³-hybridized carbons (Fsp3) is 0.500. The molecule has 0 bridgehead atoms. The first-order valence-electron chi connectivity index (χ1n) is 7.33. The Hall–Kier alpha value is -1.68. The summed E-state index contributed by atoms with van der Waals surface area (Å²) in [6.07, 6.45) is 3.33. The average molecular weight is 272 g/mol. The zero-order chi connectivity index (χ0) is 14.3. The van der Waals surface area contributed by atoms with Gasteiger partial charge in [-0.1, -0.05) is 25.1 Å². The minimum Gasteiger partial charge on any atom is -0.303 e. The molecule has 4 nitrogen and oxygen atoms in total. The molecule has 1 N–H and O–H groups in total. The van der Waals surface area contributed by atoms with Gasteiger partial charge in [0.25, 0.3) is 5.91 Å². The number of carbonyl (C=O) groups is 2. The van der Waals surface area contributed by atoms with E-state index in [2.05, 4.69) is 5.32 Å². The van der Waals surface area contributed by atoms with Crippen LogP contribution in [0.1, 0.15) is 37.3 Å². The molecule has 1 aromatic rings. The number of hydrogen-bond acceptors (Lipinski definition) is 3. The highest BCUT2D eigenvalue weighted by atomic mass is 16.2. The highest BCUT2D eigenvalue weighted by Crippen LogP contribution is 2.31. The van der Waals surface area contributed by atoms with Gasteiger partial charge in [-0.05, 0) is 37.3 Å². The maximum Gasteiger partial charge on any atom is 0.251 e. The second-order valence-electron chi connectivity index (χ2n) is 5.70. The van der Waals surface area contributed by atoms with Crippen LogP contribution in [0.2, 0.25) is 0 Å². The SMILES string of the molecule is CCc1cccc(C)c1N1C(=O)CC(NC2CC2)C1=O. The van der Waals surface area contributed by atoms with Gasteiger partial charge >= 0.3 is 0 Å². The van der Waals surface area contributed by atoms with E-state index in [9.17, 15) is 9.59 Å². The molecule has 0 radical (unpaired) electrons. The summed E-state index contributed by atoms with van der Waals surface area (Å²) in [5.41, 5.74) is 2.84. The number of amides is 2. The molecule has 3 rings (SSSR count). The Kier molecular flexibility index (Phi) is 3.34. The van der Waals surface area contributed by atoms with E-state index in [1.54, 1.807) is 0 Å². The molecule has 0 aromatic heterocycles. The van der Waals surface area contributed by atoms with Crippen LogP contribution in [0.4, 0.5) is 5.69 Å². The van der Waals surface area contributed by atoms with E-state index in [1.165, 1.54) is 4.90 Å². The maximum atomic E-state index is 12.5. The molecule has 4 heteroatoms. The molecule has 1 aliphatic heterocycles. The summed E-state index contributed by atoms with van der Waals surface area (Å²) < 4.78 is 0. The van der Waals surface area contributed by atoms with Crippen LogP contribution in [0.3, 0.4) is 0 Å². The average Bonchev–Trinajstić information content (AvgIpc) is 3.19. The number of hydrogen-bond donors (Lipinski definition) is 1. The number of benzene rings is 1. The van der Waals surface area contributed by atoms with E-state index in [4.69, 9.17) is 0 Å². The number of anilines is 1. The first kappa shape index (κ1) is 13.3. The van der Waals surface area contributed by atoms with Crippen molar-refractivity contribution >= 4 is 17.5 Å². The van der Waals surface area contributed by atoms with Gasteiger partial charge in [0.05, 0.1) is 18.2 Å². The summed E-state index contributed by atoms with van der Waals surface area (Å²) in [7, 11) is 0. The number of carbonyl (C=O) groups excluding carboxylic acids is 2. The van der Waals surface area contributed by atoms with Crippen LogP contribution in [-0.2, 0) is 16.0 Å². The van der Waals surface area contributed by atoms with E-state index in [-0.39, 0.29) is 24.3 Å². The van der Waals surface area contributed by atoms with E-state index < -0.39 is 0 Å². The normalized spacial score (nSPS) is 22.7. The maximum absolute atomic E-state index is 12.5. The molecular weight excluding hydrogens is 252 g/mol. The molecular formula is C16H20N2O2. The summed E-state index contributed by atoms with van der Waals surface area (Å²) in [4.78, 5) is 26.2. The Morgan fingerprint density at radius 3 is 2.70 bits per heavy atom. The van der Waals surface area contributed by atoms with Gasteiger partial charge in [0.1, 0.15) is 0 Å². The molecule has 1 saturated heterocycles. The third-order valence-corrected chi connectivity index (χ3v) is 4.09. The second kappa shape index (κ2) is 5.02.